The third kappa shape index (κ3) is 2.71. The maximum Gasteiger partial charge on any atom is 0.228 e. The number of carbonyl (C=O) groups is 1. The molecule has 0 radical (unpaired) electrons. The van der Waals surface area contributed by atoms with Crippen molar-refractivity contribution < 1.29 is 4.79 Å². The van der Waals surface area contributed by atoms with E-state index in [9.17, 15) is 4.79 Å². The van der Waals surface area contributed by atoms with Crippen LogP contribution in [0.5, 0.6) is 0 Å². The fourth-order valence-electron chi connectivity index (χ4n) is 1.02. The maximum atomic E-state index is 12.1. The van der Waals surface area contributed by atoms with Gasteiger partial charge >= 0.3 is 0 Å². The number of nitrogens with zero attached hydrogens (tertiary/aromatic N) is 1. The summed E-state index contributed by atoms with van der Waals surface area (Å²) >= 11 is 0. The summed E-state index contributed by atoms with van der Waals surface area (Å²) in [5.74, 6) is 0.162. The minimum absolute atomic E-state index is 0.162. The lowest BCUT2D eigenvalue weighted by molar-refractivity contribution is -0.143. The molecule has 0 aliphatic carbocycles. The molecule has 0 saturated heterocycles. The van der Waals surface area contributed by atoms with Gasteiger partial charge in [-0.3, -0.25) is 4.79 Å². The minimum atomic E-state index is -0.290. The molecule has 0 spiro atoms. The van der Waals surface area contributed by atoms with Crippen LogP contribution in [0.2, 0.25) is 0 Å². The van der Waals surface area contributed by atoms with E-state index in [1.807, 2.05) is 41.7 Å². The number of hydrogen-bond acceptors (Lipinski definition) is 2. The Hall–Kier alpha value is -0.570. The zero-order valence-corrected chi connectivity index (χ0v) is 10.3. The van der Waals surface area contributed by atoms with E-state index in [4.69, 9.17) is 5.73 Å². The van der Waals surface area contributed by atoms with Crippen LogP contribution >= 0.6 is 0 Å². The fraction of sp³-hybridized carbons (Fsp3) is 0.909. The van der Waals surface area contributed by atoms with Gasteiger partial charge in [0.1, 0.15) is 0 Å². The Labute approximate surface area is 87.6 Å². The van der Waals surface area contributed by atoms with E-state index in [1.165, 1.54) is 0 Å². The van der Waals surface area contributed by atoms with Gasteiger partial charge in [0, 0.05) is 24.5 Å². The molecule has 0 bridgehead atoms. The van der Waals surface area contributed by atoms with Crippen LogP contribution in [0.25, 0.3) is 0 Å². The first-order chi connectivity index (χ1) is 6.19. The number of carbonyl (C=O) groups excluding carboxylic acids is 1. The zero-order chi connectivity index (χ0) is 11.6. The van der Waals surface area contributed by atoms with Gasteiger partial charge in [-0.1, -0.05) is 20.8 Å². The van der Waals surface area contributed by atoms with Crippen LogP contribution in [0.3, 0.4) is 0 Å². The summed E-state index contributed by atoms with van der Waals surface area (Å²) in [6, 6.07) is 0. The van der Waals surface area contributed by atoms with Crippen molar-refractivity contribution in [2.45, 2.75) is 46.6 Å². The Morgan fingerprint density at radius 2 is 1.71 bits per heavy atom. The van der Waals surface area contributed by atoms with Gasteiger partial charge < -0.3 is 10.6 Å². The van der Waals surface area contributed by atoms with Gasteiger partial charge in [0.25, 0.3) is 0 Å². The van der Waals surface area contributed by atoms with Crippen LogP contribution < -0.4 is 5.73 Å². The van der Waals surface area contributed by atoms with Gasteiger partial charge in [-0.15, -0.1) is 0 Å². The van der Waals surface area contributed by atoms with Crippen molar-refractivity contribution in [1.29, 1.82) is 0 Å². The van der Waals surface area contributed by atoms with E-state index in [2.05, 4.69) is 0 Å². The van der Waals surface area contributed by atoms with Gasteiger partial charge in [0.05, 0.1) is 0 Å². The minimum Gasteiger partial charge on any atom is -0.339 e. The van der Waals surface area contributed by atoms with Crippen LogP contribution in [0.4, 0.5) is 0 Å². The smallest absolute Gasteiger partial charge is 0.228 e. The zero-order valence-electron chi connectivity index (χ0n) is 10.3. The molecule has 0 aliphatic rings. The second kappa shape index (κ2) is 4.30. The van der Waals surface area contributed by atoms with E-state index >= 15 is 0 Å². The van der Waals surface area contributed by atoms with E-state index < -0.39 is 0 Å². The highest BCUT2D eigenvalue weighted by atomic mass is 16.2. The summed E-state index contributed by atoms with van der Waals surface area (Å²) in [5.41, 5.74) is 5.08. The standard InChI is InChI=1S/C11H24N2O/c1-7-10(2,3)9(14)13(6)11(4,5)8-12/h7-8,12H2,1-6H3. The van der Waals surface area contributed by atoms with Crippen molar-refractivity contribution in [2.24, 2.45) is 11.1 Å². The predicted octanol–water partition coefficient (Wildman–Crippen LogP) is 1.62. The van der Waals surface area contributed by atoms with E-state index in [0.29, 0.717) is 6.54 Å². The summed E-state index contributed by atoms with van der Waals surface area (Å²) in [5, 5.41) is 0. The molecule has 84 valence electrons. The number of amides is 1. The molecule has 0 atom stereocenters. The molecular formula is C11H24N2O. The Morgan fingerprint density at radius 3 is 2.00 bits per heavy atom. The molecule has 2 N–H and O–H groups in total. The predicted molar refractivity (Wildman–Crippen MR) is 60.0 cm³/mol. The van der Waals surface area contributed by atoms with Gasteiger partial charge in [0.2, 0.25) is 5.91 Å². The summed E-state index contributed by atoms with van der Waals surface area (Å²) < 4.78 is 0. The Balaban J connectivity index is 4.71. The average Bonchev–Trinajstić information content (AvgIpc) is 2.15. The van der Waals surface area contributed by atoms with Gasteiger partial charge in [-0.2, -0.15) is 0 Å². The van der Waals surface area contributed by atoms with Crippen LogP contribution in [0, 0.1) is 5.41 Å². The van der Waals surface area contributed by atoms with Crippen molar-refractivity contribution in [3.05, 3.63) is 0 Å². The van der Waals surface area contributed by atoms with Crippen LogP contribution in [-0.4, -0.2) is 29.9 Å². The molecule has 0 aromatic carbocycles. The molecule has 3 heteroatoms. The van der Waals surface area contributed by atoms with Gasteiger partial charge in [0.15, 0.2) is 0 Å². The molecule has 14 heavy (non-hydrogen) atoms. The summed E-state index contributed by atoms with van der Waals surface area (Å²) in [4.78, 5) is 13.8. The average molecular weight is 200 g/mol. The molecule has 0 fully saturated rings. The van der Waals surface area contributed by atoms with Gasteiger partial charge in [-0.05, 0) is 20.3 Å². The highest BCUT2D eigenvalue weighted by Crippen LogP contribution is 2.25. The number of hydrogen-bond donors (Lipinski definition) is 1. The van der Waals surface area contributed by atoms with Crippen molar-refractivity contribution in [1.82, 2.24) is 4.90 Å². The second-order valence-corrected chi connectivity index (χ2v) is 5.12. The topological polar surface area (TPSA) is 46.3 Å². The normalized spacial score (nSPS) is 12.8. The second-order valence-electron chi connectivity index (χ2n) is 5.12. The largest absolute Gasteiger partial charge is 0.339 e. The van der Waals surface area contributed by atoms with Gasteiger partial charge in [-0.25, -0.2) is 0 Å². The maximum absolute atomic E-state index is 12.1. The summed E-state index contributed by atoms with van der Waals surface area (Å²) in [6.45, 7) is 10.4. The van der Waals surface area contributed by atoms with Crippen molar-refractivity contribution >= 4 is 5.91 Å². The van der Waals surface area contributed by atoms with E-state index in [-0.39, 0.29) is 16.9 Å². The number of rotatable bonds is 4. The third-order valence-corrected chi connectivity index (χ3v) is 3.18. The fourth-order valence-corrected chi connectivity index (χ4v) is 1.02. The van der Waals surface area contributed by atoms with E-state index in [0.717, 1.165) is 6.42 Å². The first kappa shape index (κ1) is 13.4. The Bertz CT molecular complexity index is 209. The molecule has 3 nitrogen and oxygen atoms in total. The Morgan fingerprint density at radius 1 is 1.29 bits per heavy atom. The molecule has 0 heterocycles. The molecule has 0 aliphatic heterocycles. The molecule has 0 unspecified atom stereocenters. The lowest BCUT2D eigenvalue weighted by Crippen LogP contribution is -2.53. The third-order valence-electron chi connectivity index (χ3n) is 3.18. The van der Waals surface area contributed by atoms with Crippen LogP contribution in [0.1, 0.15) is 41.0 Å². The SMILES string of the molecule is CCC(C)(C)C(=O)N(C)C(C)(C)CN. The van der Waals surface area contributed by atoms with E-state index in [1.54, 1.807) is 4.90 Å². The summed E-state index contributed by atoms with van der Waals surface area (Å²) in [7, 11) is 1.83. The molecule has 1 amide bonds. The van der Waals surface area contributed by atoms with Crippen LogP contribution in [-0.2, 0) is 4.79 Å². The molecular weight excluding hydrogens is 176 g/mol. The first-order valence-corrected chi connectivity index (χ1v) is 5.17. The first-order valence-electron chi connectivity index (χ1n) is 5.17. The molecule has 0 saturated carbocycles. The number of likely N-dealkylation sites (N-methyl/N-ethyl adjacent to an activating group) is 1. The Kier molecular flexibility index (Phi) is 4.13. The summed E-state index contributed by atoms with van der Waals surface area (Å²) in [6.07, 6.45) is 0.844. The highest BCUT2D eigenvalue weighted by molar-refractivity contribution is 5.82. The number of nitrogens with two attached hydrogens (primary N) is 1. The van der Waals surface area contributed by atoms with Crippen LogP contribution in [0.15, 0.2) is 0 Å². The monoisotopic (exact) mass is 200 g/mol. The van der Waals surface area contributed by atoms with Crippen molar-refractivity contribution in [2.75, 3.05) is 13.6 Å². The lowest BCUT2D eigenvalue weighted by Gasteiger charge is -2.39. The lowest BCUT2D eigenvalue weighted by atomic mass is 9.87. The van der Waals surface area contributed by atoms with Crippen molar-refractivity contribution in [3.8, 4) is 0 Å². The van der Waals surface area contributed by atoms with Crippen molar-refractivity contribution in [3.63, 3.8) is 0 Å². The quantitative estimate of drug-likeness (QED) is 0.749. The highest BCUT2D eigenvalue weighted by Gasteiger charge is 2.34. The molecule has 0 aromatic rings. The molecule has 0 aromatic heterocycles. The molecule has 0 rings (SSSR count).